The lowest BCUT2D eigenvalue weighted by molar-refractivity contribution is -0.00301. The van der Waals surface area contributed by atoms with Gasteiger partial charge in [-0.05, 0) is 25.3 Å². The summed E-state index contributed by atoms with van der Waals surface area (Å²) < 4.78 is 10.4. The number of ether oxygens (including phenoxy) is 1. The Morgan fingerprint density at radius 1 is 1.48 bits per heavy atom. The first-order valence-electron chi connectivity index (χ1n) is 7.94. The minimum atomic E-state index is -0.0185. The molecule has 1 aliphatic rings. The standard InChI is InChI=1S/C18H22N2O3/c1-13-4-3-5-14(8-13)9-15-11-20(7-6-17(15)22-2)18(21)16-10-19-23-12-16/h3-5,8,10,12,15,17H,6-7,9,11H2,1-2H3/t15-,17+/m1/s1. The van der Waals surface area contributed by atoms with Gasteiger partial charge in [0.15, 0.2) is 0 Å². The summed E-state index contributed by atoms with van der Waals surface area (Å²) >= 11 is 0. The van der Waals surface area contributed by atoms with Crippen molar-refractivity contribution in [2.45, 2.75) is 25.9 Å². The first-order chi connectivity index (χ1) is 11.2. The van der Waals surface area contributed by atoms with Crippen molar-refractivity contribution < 1.29 is 14.1 Å². The van der Waals surface area contributed by atoms with Crippen LogP contribution in [0.2, 0.25) is 0 Å². The summed E-state index contributed by atoms with van der Waals surface area (Å²) in [5.41, 5.74) is 3.05. The largest absolute Gasteiger partial charge is 0.381 e. The van der Waals surface area contributed by atoms with Crippen molar-refractivity contribution in [2.75, 3.05) is 20.2 Å². The molecular weight excluding hydrogens is 292 g/mol. The topological polar surface area (TPSA) is 55.6 Å². The summed E-state index contributed by atoms with van der Waals surface area (Å²) in [6, 6.07) is 8.52. The highest BCUT2D eigenvalue weighted by Gasteiger charge is 2.32. The van der Waals surface area contributed by atoms with Gasteiger partial charge in [-0.15, -0.1) is 0 Å². The highest BCUT2D eigenvalue weighted by Crippen LogP contribution is 2.25. The van der Waals surface area contributed by atoms with Gasteiger partial charge in [-0.1, -0.05) is 35.0 Å². The molecule has 1 fully saturated rings. The maximum atomic E-state index is 12.5. The van der Waals surface area contributed by atoms with Gasteiger partial charge in [-0.25, -0.2) is 0 Å². The van der Waals surface area contributed by atoms with E-state index >= 15 is 0 Å². The lowest BCUT2D eigenvalue weighted by Crippen LogP contribution is -2.47. The third kappa shape index (κ3) is 3.62. The number of piperidine rings is 1. The molecule has 1 aromatic carbocycles. The number of amides is 1. The lowest BCUT2D eigenvalue weighted by atomic mass is 9.88. The van der Waals surface area contributed by atoms with Crippen molar-refractivity contribution in [2.24, 2.45) is 5.92 Å². The fraction of sp³-hybridized carbons (Fsp3) is 0.444. The molecule has 1 amide bonds. The van der Waals surface area contributed by atoms with E-state index in [-0.39, 0.29) is 12.0 Å². The number of carbonyl (C=O) groups excluding carboxylic acids is 1. The van der Waals surface area contributed by atoms with Crippen molar-refractivity contribution >= 4 is 5.91 Å². The van der Waals surface area contributed by atoms with Gasteiger partial charge in [-0.2, -0.15) is 0 Å². The molecule has 5 nitrogen and oxygen atoms in total. The average Bonchev–Trinajstić information content (AvgIpc) is 3.08. The molecule has 1 aliphatic heterocycles. The molecule has 1 aromatic heterocycles. The predicted molar refractivity (Wildman–Crippen MR) is 86.2 cm³/mol. The van der Waals surface area contributed by atoms with E-state index in [2.05, 4.69) is 36.3 Å². The molecule has 0 saturated carbocycles. The maximum Gasteiger partial charge on any atom is 0.258 e. The fourth-order valence-electron chi connectivity index (χ4n) is 3.34. The molecule has 23 heavy (non-hydrogen) atoms. The number of hydrogen-bond donors (Lipinski definition) is 0. The molecule has 1 saturated heterocycles. The minimum Gasteiger partial charge on any atom is -0.381 e. The van der Waals surface area contributed by atoms with E-state index in [0.29, 0.717) is 24.6 Å². The molecule has 5 heteroatoms. The molecule has 2 atom stereocenters. The smallest absolute Gasteiger partial charge is 0.258 e. The molecule has 0 bridgehead atoms. The highest BCUT2D eigenvalue weighted by atomic mass is 16.5. The number of aromatic nitrogens is 1. The van der Waals surface area contributed by atoms with Gasteiger partial charge in [-0.3, -0.25) is 4.79 Å². The van der Waals surface area contributed by atoms with Gasteiger partial charge in [0.05, 0.1) is 17.9 Å². The van der Waals surface area contributed by atoms with Crippen LogP contribution in [0.25, 0.3) is 0 Å². The van der Waals surface area contributed by atoms with Crippen LogP contribution in [-0.2, 0) is 11.2 Å². The van der Waals surface area contributed by atoms with Gasteiger partial charge < -0.3 is 14.2 Å². The van der Waals surface area contributed by atoms with E-state index in [4.69, 9.17) is 9.26 Å². The van der Waals surface area contributed by atoms with E-state index in [9.17, 15) is 4.79 Å². The van der Waals surface area contributed by atoms with Gasteiger partial charge in [0.1, 0.15) is 6.26 Å². The Kier molecular flexibility index (Phi) is 4.76. The van der Waals surface area contributed by atoms with Gasteiger partial charge >= 0.3 is 0 Å². The van der Waals surface area contributed by atoms with Crippen molar-refractivity contribution in [3.05, 3.63) is 53.4 Å². The predicted octanol–water partition coefficient (Wildman–Crippen LogP) is 2.70. The number of likely N-dealkylation sites (tertiary alicyclic amines) is 1. The number of aryl methyl sites for hydroxylation is 1. The normalized spacial score (nSPS) is 21.4. The Morgan fingerprint density at radius 2 is 2.35 bits per heavy atom. The van der Waals surface area contributed by atoms with E-state index in [0.717, 1.165) is 12.8 Å². The second kappa shape index (κ2) is 6.96. The molecule has 2 heterocycles. The summed E-state index contributed by atoms with van der Waals surface area (Å²) in [5, 5.41) is 3.62. The van der Waals surface area contributed by atoms with Crippen LogP contribution in [0.5, 0.6) is 0 Å². The quantitative estimate of drug-likeness (QED) is 0.870. The zero-order chi connectivity index (χ0) is 16.2. The highest BCUT2D eigenvalue weighted by molar-refractivity contribution is 5.93. The second-order valence-electron chi connectivity index (χ2n) is 6.18. The lowest BCUT2D eigenvalue weighted by Gasteiger charge is -2.37. The number of benzene rings is 1. The Hall–Kier alpha value is -2.14. The van der Waals surface area contributed by atoms with Crippen LogP contribution < -0.4 is 0 Å². The number of hydrogen-bond acceptors (Lipinski definition) is 4. The minimum absolute atomic E-state index is 0.0185. The van der Waals surface area contributed by atoms with Crippen LogP contribution in [0.4, 0.5) is 0 Å². The summed E-state index contributed by atoms with van der Waals surface area (Å²) in [5.74, 6) is 0.273. The number of carbonyl (C=O) groups is 1. The molecule has 0 radical (unpaired) electrons. The third-order valence-corrected chi connectivity index (χ3v) is 4.51. The fourth-order valence-corrected chi connectivity index (χ4v) is 3.34. The average molecular weight is 314 g/mol. The van der Waals surface area contributed by atoms with Crippen LogP contribution in [0.1, 0.15) is 27.9 Å². The second-order valence-corrected chi connectivity index (χ2v) is 6.18. The van der Waals surface area contributed by atoms with Crippen molar-refractivity contribution in [3.63, 3.8) is 0 Å². The summed E-state index contributed by atoms with van der Waals surface area (Å²) in [7, 11) is 1.76. The zero-order valence-corrected chi connectivity index (χ0v) is 13.6. The van der Waals surface area contributed by atoms with E-state index in [1.165, 1.54) is 23.6 Å². The molecule has 122 valence electrons. The molecule has 0 aliphatic carbocycles. The van der Waals surface area contributed by atoms with Crippen LogP contribution in [0, 0.1) is 12.8 Å². The number of rotatable bonds is 4. The van der Waals surface area contributed by atoms with E-state index in [1.807, 2.05) is 4.90 Å². The summed E-state index contributed by atoms with van der Waals surface area (Å²) in [4.78, 5) is 14.4. The first-order valence-corrected chi connectivity index (χ1v) is 7.94. The Labute approximate surface area is 136 Å². The van der Waals surface area contributed by atoms with E-state index in [1.54, 1.807) is 7.11 Å². The maximum absolute atomic E-state index is 12.5. The Morgan fingerprint density at radius 3 is 3.04 bits per heavy atom. The Balaban J connectivity index is 1.72. The van der Waals surface area contributed by atoms with Gasteiger partial charge in [0.2, 0.25) is 0 Å². The molecule has 0 unspecified atom stereocenters. The zero-order valence-electron chi connectivity index (χ0n) is 13.6. The van der Waals surface area contributed by atoms with Crippen LogP contribution >= 0.6 is 0 Å². The number of nitrogens with zero attached hydrogens (tertiary/aromatic N) is 2. The molecule has 2 aromatic rings. The SMILES string of the molecule is CO[C@H]1CCN(C(=O)c2cnoc2)C[C@H]1Cc1cccc(C)c1. The summed E-state index contributed by atoms with van der Waals surface area (Å²) in [6.07, 6.45) is 4.82. The van der Waals surface area contributed by atoms with Crippen molar-refractivity contribution in [3.8, 4) is 0 Å². The van der Waals surface area contributed by atoms with E-state index < -0.39 is 0 Å². The first kappa shape index (κ1) is 15.7. The number of methoxy groups -OCH3 is 1. The summed E-state index contributed by atoms with van der Waals surface area (Å²) in [6.45, 7) is 3.49. The third-order valence-electron chi connectivity index (χ3n) is 4.51. The van der Waals surface area contributed by atoms with Gasteiger partial charge in [0.25, 0.3) is 5.91 Å². The van der Waals surface area contributed by atoms with Crippen LogP contribution in [0.15, 0.2) is 41.2 Å². The van der Waals surface area contributed by atoms with Crippen molar-refractivity contribution in [1.82, 2.24) is 10.1 Å². The molecule has 0 N–H and O–H groups in total. The molecule has 3 rings (SSSR count). The Bertz CT molecular complexity index is 654. The van der Waals surface area contributed by atoms with Crippen LogP contribution in [-0.4, -0.2) is 42.3 Å². The van der Waals surface area contributed by atoms with Crippen molar-refractivity contribution in [1.29, 1.82) is 0 Å². The molecule has 0 spiro atoms. The monoisotopic (exact) mass is 314 g/mol. The van der Waals surface area contributed by atoms with Crippen LogP contribution in [0.3, 0.4) is 0 Å². The molecular formula is C18H22N2O3. The van der Waals surface area contributed by atoms with Gasteiger partial charge in [0, 0.05) is 26.1 Å².